The Hall–Kier alpha value is -1.40. The van der Waals surface area contributed by atoms with Gasteiger partial charge in [0.15, 0.2) is 5.65 Å². The number of nitrogens with one attached hydrogen (secondary N) is 1. The summed E-state index contributed by atoms with van der Waals surface area (Å²) in [4.78, 5) is 10.7. The number of hydrogen-bond donors (Lipinski definition) is 1. The van der Waals surface area contributed by atoms with Crippen molar-refractivity contribution in [1.82, 2.24) is 20.2 Å². The third-order valence-corrected chi connectivity index (χ3v) is 3.42. The highest BCUT2D eigenvalue weighted by molar-refractivity contribution is 6.28. The molecule has 1 atom stereocenters. The lowest BCUT2D eigenvalue weighted by Crippen LogP contribution is -2.22. The average Bonchev–Trinajstić information content (AvgIpc) is 2.96. The second-order valence-corrected chi connectivity index (χ2v) is 4.84. The molecule has 0 aliphatic carbocycles. The van der Waals surface area contributed by atoms with E-state index in [1.54, 1.807) is 13.3 Å². The van der Waals surface area contributed by atoms with Crippen LogP contribution in [0.2, 0.25) is 5.28 Å². The van der Waals surface area contributed by atoms with Crippen molar-refractivity contribution in [2.45, 2.75) is 6.42 Å². The Balaban J connectivity index is 1.92. The van der Waals surface area contributed by atoms with Gasteiger partial charge >= 0.3 is 0 Å². The summed E-state index contributed by atoms with van der Waals surface area (Å²) in [6.07, 6.45) is 2.85. The molecule has 1 saturated heterocycles. The second kappa shape index (κ2) is 4.70. The molecule has 1 unspecified atom stereocenters. The van der Waals surface area contributed by atoms with Gasteiger partial charge in [-0.05, 0) is 18.0 Å². The van der Waals surface area contributed by atoms with Crippen LogP contribution in [-0.4, -0.2) is 47.0 Å². The number of nitrogens with zero attached hydrogens (tertiary/aromatic N) is 4. The number of ether oxygens (including phenoxy) is 1. The Morgan fingerprint density at radius 1 is 1.56 bits per heavy atom. The molecule has 3 rings (SSSR count). The molecule has 18 heavy (non-hydrogen) atoms. The number of aromatic amines is 1. The molecule has 0 spiro atoms. The molecular weight excluding hydrogens is 254 g/mol. The number of fused-ring (bicyclic) bond motifs is 1. The van der Waals surface area contributed by atoms with Crippen LogP contribution < -0.4 is 4.90 Å². The average molecular weight is 268 g/mol. The first-order chi connectivity index (χ1) is 8.78. The topological polar surface area (TPSA) is 66.9 Å². The van der Waals surface area contributed by atoms with Crippen LogP contribution in [0.1, 0.15) is 6.42 Å². The normalized spacial score (nSPS) is 19.9. The lowest BCUT2D eigenvalue weighted by atomic mass is 10.1. The van der Waals surface area contributed by atoms with E-state index < -0.39 is 0 Å². The molecule has 0 radical (unpaired) electrons. The number of methoxy groups -OCH3 is 1. The monoisotopic (exact) mass is 267 g/mol. The molecule has 2 aromatic rings. The molecule has 0 amide bonds. The Labute approximate surface area is 109 Å². The maximum Gasteiger partial charge on any atom is 0.226 e. The van der Waals surface area contributed by atoms with Crippen LogP contribution in [0.3, 0.4) is 0 Å². The Kier molecular flexibility index (Phi) is 3.05. The van der Waals surface area contributed by atoms with Gasteiger partial charge < -0.3 is 9.64 Å². The molecule has 2 aromatic heterocycles. The van der Waals surface area contributed by atoms with Gasteiger partial charge in [0.2, 0.25) is 5.28 Å². The van der Waals surface area contributed by atoms with Gasteiger partial charge in [0.1, 0.15) is 5.82 Å². The lowest BCUT2D eigenvalue weighted by Gasteiger charge is -2.18. The lowest BCUT2D eigenvalue weighted by molar-refractivity contribution is 0.161. The second-order valence-electron chi connectivity index (χ2n) is 4.50. The van der Waals surface area contributed by atoms with Crippen molar-refractivity contribution >= 4 is 28.5 Å². The Bertz CT molecular complexity index is 557. The number of aromatic nitrogens is 4. The summed E-state index contributed by atoms with van der Waals surface area (Å²) < 4.78 is 5.20. The van der Waals surface area contributed by atoms with E-state index in [1.807, 2.05) is 0 Å². The maximum absolute atomic E-state index is 5.94. The summed E-state index contributed by atoms with van der Waals surface area (Å²) in [6.45, 7) is 2.67. The molecule has 6 nitrogen and oxygen atoms in total. The summed E-state index contributed by atoms with van der Waals surface area (Å²) in [5.41, 5.74) is 0.681. The summed E-state index contributed by atoms with van der Waals surface area (Å²) in [5.74, 6) is 1.41. The van der Waals surface area contributed by atoms with Gasteiger partial charge in [0.25, 0.3) is 0 Å². The van der Waals surface area contributed by atoms with Gasteiger partial charge in [-0.25, -0.2) is 0 Å². The van der Waals surface area contributed by atoms with E-state index in [-0.39, 0.29) is 5.28 Å². The highest BCUT2D eigenvalue weighted by Crippen LogP contribution is 2.28. The minimum Gasteiger partial charge on any atom is -0.384 e. The standard InChI is InChI=1S/C11H14ClN5O/c1-18-6-7-2-3-17(5-7)10-8-4-13-16-9(8)14-11(12)15-10/h4,7H,2-3,5-6H2,1H3,(H,13,14,15,16). The number of hydrogen-bond acceptors (Lipinski definition) is 5. The van der Waals surface area contributed by atoms with E-state index in [1.165, 1.54) is 0 Å². The fourth-order valence-corrected chi connectivity index (χ4v) is 2.60. The summed E-state index contributed by atoms with van der Waals surface area (Å²) in [6, 6.07) is 0. The number of anilines is 1. The summed E-state index contributed by atoms with van der Waals surface area (Å²) >= 11 is 5.94. The van der Waals surface area contributed by atoms with Crippen LogP contribution in [0.25, 0.3) is 11.0 Å². The minimum absolute atomic E-state index is 0.247. The molecule has 0 aromatic carbocycles. The zero-order valence-corrected chi connectivity index (χ0v) is 10.8. The molecule has 96 valence electrons. The van der Waals surface area contributed by atoms with Gasteiger partial charge in [0, 0.05) is 26.1 Å². The van der Waals surface area contributed by atoms with Crippen molar-refractivity contribution in [2.24, 2.45) is 5.92 Å². The predicted octanol–water partition coefficient (Wildman–Crippen LogP) is 1.48. The minimum atomic E-state index is 0.247. The van der Waals surface area contributed by atoms with Gasteiger partial charge in [-0.2, -0.15) is 15.1 Å². The highest BCUT2D eigenvalue weighted by atomic mass is 35.5. The smallest absolute Gasteiger partial charge is 0.226 e. The summed E-state index contributed by atoms with van der Waals surface area (Å²) in [5, 5.41) is 7.98. The van der Waals surface area contributed by atoms with E-state index >= 15 is 0 Å². The fraction of sp³-hybridized carbons (Fsp3) is 0.545. The van der Waals surface area contributed by atoms with Gasteiger partial charge in [0.05, 0.1) is 18.2 Å². The van der Waals surface area contributed by atoms with Crippen molar-refractivity contribution in [3.05, 3.63) is 11.5 Å². The van der Waals surface area contributed by atoms with E-state index in [2.05, 4.69) is 25.1 Å². The first-order valence-electron chi connectivity index (χ1n) is 5.88. The molecule has 1 aliphatic heterocycles. The third kappa shape index (κ3) is 2.02. The van der Waals surface area contributed by atoms with E-state index in [9.17, 15) is 0 Å². The van der Waals surface area contributed by atoms with Gasteiger partial charge in [-0.3, -0.25) is 5.10 Å². The van der Waals surface area contributed by atoms with E-state index in [0.29, 0.717) is 11.6 Å². The molecular formula is C11H14ClN5O. The van der Waals surface area contributed by atoms with Gasteiger partial charge in [-0.1, -0.05) is 0 Å². The molecule has 1 N–H and O–H groups in total. The number of rotatable bonds is 3. The Morgan fingerprint density at radius 2 is 2.44 bits per heavy atom. The van der Waals surface area contributed by atoms with Gasteiger partial charge in [-0.15, -0.1) is 0 Å². The molecule has 0 saturated carbocycles. The SMILES string of the molecule is COCC1CCN(c2nc(Cl)nc3[nH]ncc23)C1. The first kappa shape index (κ1) is 11.7. The maximum atomic E-state index is 5.94. The van der Waals surface area contributed by atoms with Crippen LogP contribution >= 0.6 is 11.6 Å². The van der Waals surface area contributed by atoms with Crippen LogP contribution in [0.5, 0.6) is 0 Å². The fourth-order valence-electron chi connectivity index (χ4n) is 2.43. The van der Waals surface area contributed by atoms with Crippen molar-refractivity contribution in [2.75, 3.05) is 31.7 Å². The molecule has 1 fully saturated rings. The van der Waals surface area contributed by atoms with Crippen molar-refractivity contribution in [1.29, 1.82) is 0 Å². The molecule has 3 heterocycles. The zero-order valence-electron chi connectivity index (χ0n) is 10.1. The van der Waals surface area contributed by atoms with Crippen LogP contribution in [-0.2, 0) is 4.74 Å². The van der Waals surface area contributed by atoms with Crippen LogP contribution in [0.15, 0.2) is 6.20 Å². The molecule has 7 heteroatoms. The highest BCUT2D eigenvalue weighted by Gasteiger charge is 2.25. The Morgan fingerprint density at radius 3 is 3.28 bits per heavy atom. The number of halogens is 1. The number of H-pyrrole nitrogens is 1. The van der Waals surface area contributed by atoms with E-state index in [0.717, 1.165) is 37.3 Å². The zero-order chi connectivity index (χ0) is 12.5. The molecule has 0 bridgehead atoms. The van der Waals surface area contributed by atoms with E-state index in [4.69, 9.17) is 16.3 Å². The summed E-state index contributed by atoms with van der Waals surface area (Å²) in [7, 11) is 1.73. The van der Waals surface area contributed by atoms with Crippen LogP contribution in [0.4, 0.5) is 5.82 Å². The quantitative estimate of drug-likeness (QED) is 0.853. The van der Waals surface area contributed by atoms with Crippen molar-refractivity contribution in [3.63, 3.8) is 0 Å². The van der Waals surface area contributed by atoms with Crippen molar-refractivity contribution < 1.29 is 4.74 Å². The van der Waals surface area contributed by atoms with Crippen molar-refractivity contribution in [3.8, 4) is 0 Å². The van der Waals surface area contributed by atoms with Crippen LogP contribution in [0, 0.1) is 5.92 Å². The molecule has 1 aliphatic rings. The predicted molar refractivity (Wildman–Crippen MR) is 68.9 cm³/mol. The first-order valence-corrected chi connectivity index (χ1v) is 6.26. The largest absolute Gasteiger partial charge is 0.384 e. The third-order valence-electron chi connectivity index (χ3n) is 3.25.